The van der Waals surface area contributed by atoms with Crippen LogP contribution in [0, 0.1) is 5.92 Å². The maximum absolute atomic E-state index is 4.08. The topological polar surface area (TPSA) is 12.0 Å². The summed E-state index contributed by atoms with van der Waals surface area (Å²) in [6.45, 7) is 11.7. The first kappa shape index (κ1) is 12.4. The van der Waals surface area contributed by atoms with Crippen LogP contribution in [0.5, 0.6) is 0 Å². The van der Waals surface area contributed by atoms with E-state index in [1.54, 1.807) is 0 Å². The molecule has 0 aliphatic carbocycles. The lowest BCUT2D eigenvalue weighted by Gasteiger charge is -2.24. The number of nitrogens with one attached hydrogen (secondary N) is 1. The van der Waals surface area contributed by atoms with E-state index < -0.39 is 0 Å². The largest absolute Gasteiger partial charge is 0.313 e. The van der Waals surface area contributed by atoms with Gasteiger partial charge in [-0.2, -0.15) is 0 Å². The van der Waals surface area contributed by atoms with Crippen LogP contribution in [0.15, 0.2) is 12.2 Å². The summed E-state index contributed by atoms with van der Waals surface area (Å²) >= 11 is 2.43. The van der Waals surface area contributed by atoms with Crippen molar-refractivity contribution >= 4 is 22.6 Å². The third-order valence-electron chi connectivity index (χ3n) is 2.33. The van der Waals surface area contributed by atoms with Gasteiger partial charge in [0.05, 0.1) is 0 Å². The van der Waals surface area contributed by atoms with Gasteiger partial charge in [0.2, 0.25) is 0 Å². The highest BCUT2D eigenvalue weighted by Gasteiger charge is 2.15. The standard InChI is InChI=1S/C10H20IN/c1-5-8(3)9(4)10(7-11)12-6-2/h9-10,12H,3,5-7H2,1-2,4H3. The Bertz CT molecular complexity index is 134. The molecule has 0 saturated heterocycles. The van der Waals surface area contributed by atoms with Crippen LogP contribution in [0.2, 0.25) is 0 Å². The van der Waals surface area contributed by atoms with E-state index in [4.69, 9.17) is 0 Å². The minimum atomic E-state index is 0.600. The first-order chi connectivity index (χ1) is 5.67. The minimum absolute atomic E-state index is 0.600. The van der Waals surface area contributed by atoms with Gasteiger partial charge in [-0.05, 0) is 18.9 Å². The molecule has 0 aliphatic heterocycles. The van der Waals surface area contributed by atoms with Crippen molar-refractivity contribution in [1.82, 2.24) is 5.32 Å². The average molecular weight is 281 g/mol. The second kappa shape index (κ2) is 6.89. The highest BCUT2D eigenvalue weighted by molar-refractivity contribution is 14.1. The fourth-order valence-electron chi connectivity index (χ4n) is 1.23. The third-order valence-corrected chi connectivity index (χ3v) is 3.28. The van der Waals surface area contributed by atoms with Gasteiger partial charge >= 0.3 is 0 Å². The van der Waals surface area contributed by atoms with Gasteiger partial charge < -0.3 is 5.32 Å². The molecular formula is C10H20IN. The normalized spacial score (nSPS) is 15.7. The first-order valence-electron chi connectivity index (χ1n) is 4.64. The maximum atomic E-state index is 4.08. The van der Waals surface area contributed by atoms with Crippen LogP contribution in [0.3, 0.4) is 0 Å². The highest BCUT2D eigenvalue weighted by atomic mass is 127. The van der Waals surface area contributed by atoms with Crippen molar-refractivity contribution in [2.24, 2.45) is 5.92 Å². The number of alkyl halides is 1. The zero-order valence-corrected chi connectivity index (χ0v) is 10.5. The SMILES string of the molecule is C=C(CC)C(C)C(CI)NCC. The molecule has 12 heavy (non-hydrogen) atoms. The van der Waals surface area contributed by atoms with Crippen molar-refractivity contribution < 1.29 is 0 Å². The Kier molecular flexibility index (Phi) is 7.14. The Morgan fingerprint density at radius 2 is 2.08 bits per heavy atom. The van der Waals surface area contributed by atoms with Crippen molar-refractivity contribution in [2.45, 2.75) is 33.2 Å². The molecular weight excluding hydrogens is 261 g/mol. The van der Waals surface area contributed by atoms with Crippen LogP contribution in [0.1, 0.15) is 27.2 Å². The number of hydrogen-bond donors (Lipinski definition) is 1. The van der Waals surface area contributed by atoms with Crippen LogP contribution < -0.4 is 5.32 Å². The molecule has 2 unspecified atom stereocenters. The van der Waals surface area contributed by atoms with Crippen LogP contribution in [0.4, 0.5) is 0 Å². The zero-order chi connectivity index (χ0) is 9.56. The summed E-state index contributed by atoms with van der Waals surface area (Å²) in [5, 5.41) is 3.48. The molecule has 0 aromatic heterocycles. The summed E-state index contributed by atoms with van der Waals surface area (Å²) in [6.07, 6.45) is 1.10. The molecule has 0 radical (unpaired) electrons. The molecule has 0 aliphatic rings. The maximum Gasteiger partial charge on any atom is 0.0219 e. The lowest BCUT2D eigenvalue weighted by atomic mass is 9.94. The first-order valence-corrected chi connectivity index (χ1v) is 6.16. The molecule has 0 aromatic rings. The lowest BCUT2D eigenvalue weighted by Crippen LogP contribution is -2.36. The fraction of sp³-hybridized carbons (Fsp3) is 0.800. The Morgan fingerprint density at radius 1 is 1.50 bits per heavy atom. The van der Waals surface area contributed by atoms with Crippen molar-refractivity contribution in [3.63, 3.8) is 0 Å². The Balaban J connectivity index is 4.00. The van der Waals surface area contributed by atoms with E-state index in [0.717, 1.165) is 17.4 Å². The molecule has 0 rings (SSSR count). The van der Waals surface area contributed by atoms with Crippen molar-refractivity contribution in [2.75, 3.05) is 11.0 Å². The predicted octanol–water partition coefficient (Wildman–Crippen LogP) is 3.00. The Labute approximate surface area is 90.1 Å². The van der Waals surface area contributed by atoms with Gasteiger partial charge in [-0.1, -0.05) is 55.5 Å². The van der Waals surface area contributed by atoms with Crippen LogP contribution in [-0.4, -0.2) is 17.0 Å². The summed E-state index contributed by atoms with van der Waals surface area (Å²) < 4.78 is 1.16. The molecule has 0 heterocycles. The molecule has 0 spiro atoms. The van der Waals surface area contributed by atoms with Crippen LogP contribution in [0.25, 0.3) is 0 Å². The van der Waals surface area contributed by atoms with Gasteiger partial charge in [-0.25, -0.2) is 0 Å². The molecule has 72 valence electrons. The quantitative estimate of drug-likeness (QED) is 0.448. The Morgan fingerprint density at radius 3 is 2.42 bits per heavy atom. The van der Waals surface area contributed by atoms with Crippen LogP contribution >= 0.6 is 22.6 Å². The van der Waals surface area contributed by atoms with E-state index in [1.165, 1.54) is 5.57 Å². The molecule has 2 atom stereocenters. The summed E-state index contributed by atoms with van der Waals surface area (Å²) in [5.74, 6) is 0.604. The number of halogens is 1. The molecule has 0 aromatic carbocycles. The molecule has 0 bridgehead atoms. The van der Waals surface area contributed by atoms with Crippen molar-refractivity contribution in [3.8, 4) is 0 Å². The summed E-state index contributed by atoms with van der Waals surface area (Å²) in [7, 11) is 0. The van der Waals surface area contributed by atoms with Gasteiger partial charge in [-0.15, -0.1) is 0 Å². The van der Waals surface area contributed by atoms with Gasteiger partial charge in [0, 0.05) is 10.5 Å². The molecule has 0 saturated carbocycles. The van der Waals surface area contributed by atoms with Gasteiger partial charge in [-0.3, -0.25) is 0 Å². The number of hydrogen-bond acceptors (Lipinski definition) is 1. The summed E-state index contributed by atoms with van der Waals surface area (Å²) in [5.41, 5.74) is 1.36. The van der Waals surface area contributed by atoms with Gasteiger partial charge in [0.15, 0.2) is 0 Å². The summed E-state index contributed by atoms with van der Waals surface area (Å²) in [6, 6.07) is 0.600. The Hall–Kier alpha value is 0.430. The predicted molar refractivity (Wildman–Crippen MR) is 64.9 cm³/mol. The number of rotatable bonds is 6. The monoisotopic (exact) mass is 281 g/mol. The smallest absolute Gasteiger partial charge is 0.0219 e. The van der Waals surface area contributed by atoms with Crippen molar-refractivity contribution in [1.29, 1.82) is 0 Å². The van der Waals surface area contributed by atoms with E-state index in [1.807, 2.05) is 0 Å². The summed E-state index contributed by atoms with van der Waals surface area (Å²) in [4.78, 5) is 0. The molecule has 1 N–H and O–H groups in total. The zero-order valence-electron chi connectivity index (χ0n) is 8.36. The molecule has 2 heteroatoms. The van der Waals surface area contributed by atoms with Crippen LogP contribution in [-0.2, 0) is 0 Å². The van der Waals surface area contributed by atoms with E-state index in [0.29, 0.717) is 12.0 Å². The molecule has 0 fully saturated rings. The second-order valence-electron chi connectivity index (χ2n) is 3.12. The minimum Gasteiger partial charge on any atom is -0.313 e. The average Bonchev–Trinajstić information content (AvgIpc) is 2.11. The van der Waals surface area contributed by atoms with E-state index >= 15 is 0 Å². The lowest BCUT2D eigenvalue weighted by molar-refractivity contribution is 0.460. The third kappa shape index (κ3) is 3.90. The molecule has 1 nitrogen and oxygen atoms in total. The van der Waals surface area contributed by atoms with Gasteiger partial charge in [0.25, 0.3) is 0 Å². The van der Waals surface area contributed by atoms with E-state index in [9.17, 15) is 0 Å². The van der Waals surface area contributed by atoms with Crippen molar-refractivity contribution in [3.05, 3.63) is 12.2 Å². The highest BCUT2D eigenvalue weighted by Crippen LogP contribution is 2.17. The fourth-order valence-corrected chi connectivity index (χ4v) is 2.31. The van der Waals surface area contributed by atoms with E-state index in [2.05, 4.69) is 55.3 Å². The molecule has 0 amide bonds. The van der Waals surface area contributed by atoms with Gasteiger partial charge in [0.1, 0.15) is 0 Å². The second-order valence-corrected chi connectivity index (χ2v) is 4.00. The van der Waals surface area contributed by atoms with E-state index in [-0.39, 0.29) is 0 Å².